The maximum atomic E-state index is 12.3. The molecule has 0 radical (unpaired) electrons. The quantitative estimate of drug-likeness (QED) is 0.463. The van der Waals surface area contributed by atoms with Crippen molar-refractivity contribution in [2.24, 2.45) is 0 Å². The first-order valence-corrected chi connectivity index (χ1v) is 8.00. The molecule has 0 unspecified atom stereocenters. The number of hydrogen-bond acceptors (Lipinski definition) is 8. The summed E-state index contributed by atoms with van der Waals surface area (Å²) in [5.74, 6) is 1.80. The zero-order valence-corrected chi connectivity index (χ0v) is 15.1. The first-order valence-electron chi connectivity index (χ1n) is 8.00. The molecule has 0 saturated heterocycles. The Morgan fingerprint density at radius 1 is 1.00 bits per heavy atom. The highest BCUT2D eigenvalue weighted by atomic mass is 16.5. The van der Waals surface area contributed by atoms with Gasteiger partial charge in [0.1, 0.15) is 5.75 Å². The van der Waals surface area contributed by atoms with E-state index in [0.717, 1.165) is 5.56 Å². The normalized spacial score (nSPS) is 10.3. The largest absolute Gasteiger partial charge is 0.493 e. The SMILES string of the molecule is COc1cc(CC(=O)Oc2ccc(-c3nnco3)cc2)cc(OC)c1OC. The fraction of sp³-hybridized carbons (Fsp3) is 0.211. The number of carbonyl (C=O) groups excluding carboxylic acids is 1. The molecule has 0 bridgehead atoms. The average molecular weight is 370 g/mol. The van der Waals surface area contributed by atoms with Crippen LogP contribution in [0.15, 0.2) is 47.2 Å². The third-order valence-electron chi connectivity index (χ3n) is 3.77. The molecule has 1 heterocycles. The number of methoxy groups -OCH3 is 3. The fourth-order valence-corrected chi connectivity index (χ4v) is 2.54. The summed E-state index contributed by atoms with van der Waals surface area (Å²) in [5.41, 5.74) is 1.41. The molecule has 0 aliphatic heterocycles. The molecule has 0 spiro atoms. The summed E-state index contributed by atoms with van der Waals surface area (Å²) in [6.07, 6.45) is 1.29. The van der Waals surface area contributed by atoms with Crippen LogP contribution in [0.5, 0.6) is 23.0 Å². The Hall–Kier alpha value is -3.55. The summed E-state index contributed by atoms with van der Waals surface area (Å²) >= 11 is 0. The average Bonchev–Trinajstić information content (AvgIpc) is 3.22. The van der Waals surface area contributed by atoms with Gasteiger partial charge in [-0.05, 0) is 42.0 Å². The fourth-order valence-electron chi connectivity index (χ4n) is 2.54. The van der Waals surface area contributed by atoms with Gasteiger partial charge < -0.3 is 23.4 Å². The van der Waals surface area contributed by atoms with Crippen LogP contribution in [0.2, 0.25) is 0 Å². The molecule has 27 heavy (non-hydrogen) atoms. The first kappa shape index (κ1) is 18.2. The van der Waals surface area contributed by atoms with Crippen LogP contribution >= 0.6 is 0 Å². The standard InChI is InChI=1S/C19H18N2O6/c1-23-15-8-12(9-16(24-2)18(15)25-3)10-17(22)27-14-6-4-13(5-7-14)19-21-20-11-26-19/h4-9,11H,10H2,1-3H3. The molecule has 140 valence electrons. The second-order valence-corrected chi connectivity index (χ2v) is 5.45. The van der Waals surface area contributed by atoms with E-state index in [1.807, 2.05) is 0 Å². The number of ether oxygens (including phenoxy) is 4. The summed E-state index contributed by atoms with van der Waals surface area (Å²) in [6, 6.07) is 10.2. The van der Waals surface area contributed by atoms with Crippen LogP contribution in [-0.4, -0.2) is 37.5 Å². The number of hydrogen-bond donors (Lipinski definition) is 0. The summed E-state index contributed by atoms with van der Waals surface area (Å²) in [4.78, 5) is 12.3. The van der Waals surface area contributed by atoms with Gasteiger partial charge in [-0.2, -0.15) is 0 Å². The smallest absolute Gasteiger partial charge is 0.315 e. The van der Waals surface area contributed by atoms with Gasteiger partial charge >= 0.3 is 5.97 Å². The number of aromatic nitrogens is 2. The van der Waals surface area contributed by atoms with Gasteiger partial charge in [0.15, 0.2) is 11.5 Å². The Morgan fingerprint density at radius 3 is 2.19 bits per heavy atom. The van der Waals surface area contributed by atoms with Gasteiger partial charge in [0.2, 0.25) is 18.0 Å². The highest BCUT2D eigenvalue weighted by Crippen LogP contribution is 2.38. The zero-order valence-electron chi connectivity index (χ0n) is 15.1. The van der Waals surface area contributed by atoms with E-state index in [2.05, 4.69) is 10.2 Å². The van der Waals surface area contributed by atoms with Crippen LogP contribution in [0.25, 0.3) is 11.5 Å². The summed E-state index contributed by atoms with van der Waals surface area (Å²) in [5, 5.41) is 7.45. The Kier molecular flexibility index (Phi) is 5.55. The number of rotatable bonds is 7. The summed E-state index contributed by atoms with van der Waals surface area (Å²) < 4.78 is 26.3. The topological polar surface area (TPSA) is 92.9 Å². The van der Waals surface area contributed by atoms with Crippen LogP contribution in [0, 0.1) is 0 Å². The second-order valence-electron chi connectivity index (χ2n) is 5.45. The van der Waals surface area contributed by atoms with Crippen LogP contribution in [0.1, 0.15) is 5.56 Å². The zero-order chi connectivity index (χ0) is 19.2. The van der Waals surface area contributed by atoms with Gasteiger partial charge in [-0.25, -0.2) is 0 Å². The predicted molar refractivity (Wildman–Crippen MR) is 95.2 cm³/mol. The highest BCUT2D eigenvalue weighted by molar-refractivity contribution is 5.76. The Balaban J connectivity index is 1.70. The molecule has 3 aromatic rings. The van der Waals surface area contributed by atoms with E-state index in [1.54, 1.807) is 36.4 Å². The maximum absolute atomic E-state index is 12.3. The van der Waals surface area contributed by atoms with Crippen molar-refractivity contribution in [3.8, 4) is 34.5 Å². The van der Waals surface area contributed by atoms with Crippen molar-refractivity contribution in [2.45, 2.75) is 6.42 Å². The van der Waals surface area contributed by atoms with Gasteiger partial charge in [0, 0.05) is 5.56 Å². The summed E-state index contributed by atoms with van der Waals surface area (Å²) in [6.45, 7) is 0. The van der Waals surface area contributed by atoms with Gasteiger partial charge in [0.25, 0.3) is 0 Å². The van der Waals surface area contributed by atoms with Crippen LogP contribution < -0.4 is 18.9 Å². The van der Waals surface area contributed by atoms with E-state index in [0.29, 0.717) is 34.5 Å². The second kappa shape index (κ2) is 8.22. The minimum absolute atomic E-state index is 0.0438. The molecule has 0 N–H and O–H groups in total. The molecule has 0 atom stereocenters. The molecule has 2 aromatic carbocycles. The molecular weight excluding hydrogens is 352 g/mol. The predicted octanol–water partition coefficient (Wildman–Crippen LogP) is 2.91. The lowest BCUT2D eigenvalue weighted by atomic mass is 10.1. The Bertz CT molecular complexity index is 881. The number of esters is 1. The minimum atomic E-state index is -0.421. The van der Waals surface area contributed by atoms with Gasteiger partial charge in [-0.1, -0.05) is 0 Å². The summed E-state index contributed by atoms with van der Waals surface area (Å²) in [7, 11) is 4.56. The van der Waals surface area contributed by atoms with Crippen molar-refractivity contribution in [3.63, 3.8) is 0 Å². The number of benzene rings is 2. The molecule has 0 aliphatic carbocycles. The third-order valence-corrected chi connectivity index (χ3v) is 3.77. The molecule has 0 aliphatic rings. The van der Waals surface area contributed by atoms with Crippen LogP contribution in [-0.2, 0) is 11.2 Å². The monoisotopic (exact) mass is 370 g/mol. The van der Waals surface area contributed by atoms with Crippen molar-refractivity contribution in [3.05, 3.63) is 48.4 Å². The maximum Gasteiger partial charge on any atom is 0.315 e. The Labute approximate surface area is 155 Å². The van der Waals surface area contributed by atoms with Gasteiger partial charge in [-0.15, -0.1) is 10.2 Å². The van der Waals surface area contributed by atoms with E-state index in [-0.39, 0.29) is 6.42 Å². The van der Waals surface area contributed by atoms with E-state index in [9.17, 15) is 4.79 Å². The molecule has 8 heteroatoms. The van der Waals surface area contributed by atoms with E-state index >= 15 is 0 Å². The Morgan fingerprint density at radius 2 is 1.67 bits per heavy atom. The van der Waals surface area contributed by atoms with Crippen LogP contribution in [0.4, 0.5) is 0 Å². The number of carbonyl (C=O) groups is 1. The molecular formula is C19H18N2O6. The molecule has 3 rings (SSSR count). The lowest BCUT2D eigenvalue weighted by Gasteiger charge is -2.14. The van der Waals surface area contributed by atoms with Crippen molar-refractivity contribution in [2.75, 3.05) is 21.3 Å². The lowest BCUT2D eigenvalue weighted by molar-refractivity contribution is -0.133. The van der Waals surface area contributed by atoms with Crippen molar-refractivity contribution in [1.29, 1.82) is 0 Å². The van der Waals surface area contributed by atoms with Crippen molar-refractivity contribution in [1.82, 2.24) is 10.2 Å². The number of nitrogens with zero attached hydrogens (tertiary/aromatic N) is 2. The van der Waals surface area contributed by atoms with Gasteiger partial charge in [-0.3, -0.25) is 4.79 Å². The van der Waals surface area contributed by atoms with Crippen molar-refractivity contribution < 1.29 is 28.2 Å². The minimum Gasteiger partial charge on any atom is -0.493 e. The molecule has 0 fully saturated rings. The molecule has 0 saturated carbocycles. The molecule has 1 aromatic heterocycles. The third kappa shape index (κ3) is 4.17. The molecule has 0 amide bonds. The van der Waals surface area contributed by atoms with Crippen molar-refractivity contribution >= 4 is 5.97 Å². The first-order chi connectivity index (χ1) is 13.1. The van der Waals surface area contributed by atoms with E-state index < -0.39 is 5.97 Å². The highest BCUT2D eigenvalue weighted by Gasteiger charge is 2.16. The van der Waals surface area contributed by atoms with Gasteiger partial charge in [0.05, 0.1) is 27.8 Å². The lowest BCUT2D eigenvalue weighted by Crippen LogP contribution is -2.11. The van der Waals surface area contributed by atoms with E-state index in [1.165, 1.54) is 27.7 Å². The van der Waals surface area contributed by atoms with Crippen LogP contribution in [0.3, 0.4) is 0 Å². The molecule has 8 nitrogen and oxygen atoms in total. The van der Waals surface area contributed by atoms with E-state index in [4.69, 9.17) is 23.4 Å².